The predicted octanol–water partition coefficient (Wildman–Crippen LogP) is 2.98. The van der Waals surface area contributed by atoms with Crippen LogP contribution >= 0.6 is 11.6 Å². The fourth-order valence-corrected chi connectivity index (χ4v) is 2.67. The number of pyridine rings is 1. The molecule has 7 heteroatoms. The van der Waals surface area contributed by atoms with Gasteiger partial charge in [-0.15, -0.1) is 0 Å². The number of halogens is 1. The van der Waals surface area contributed by atoms with Crippen LogP contribution in [0.15, 0.2) is 36.4 Å². The van der Waals surface area contributed by atoms with Gasteiger partial charge in [-0.3, -0.25) is 14.9 Å². The molecule has 0 aliphatic rings. The molecule has 1 amide bonds. The van der Waals surface area contributed by atoms with Gasteiger partial charge in [0.15, 0.2) is 0 Å². The fourth-order valence-electron chi connectivity index (χ4n) is 2.35. The minimum atomic E-state index is -0.483. The van der Waals surface area contributed by atoms with Crippen molar-refractivity contribution < 1.29 is 9.72 Å². The monoisotopic (exact) mass is 315 g/mol. The number of benzene rings is 2. The predicted molar refractivity (Wildman–Crippen MR) is 83.8 cm³/mol. The van der Waals surface area contributed by atoms with E-state index >= 15 is 0 Å². The van der Waals surface area contributed by atoms with Crippen molar-refractivity contribution in [2.45, 2.75) is 6.42 Å². The van der Waals surface area contributed by atoms with Crippen molar-refractivity contribution in [3.8, 4) is 0 Å². The van der Waals surface area contributed by atoms with E-state index in [0.717, 1.165) is 5.39 Å². The Morgan fingerprint density at radius 1 is 1.18 bits per heavy atom. The molecule has 0 atom stereocenters. The van der Waals surface area contributed by atoms with E-state index in [4.69, 9.17) is 17.3 Å². The van der Waals surface area contributed by atoms with Gasteiger partial charge in [0, 0.05) is 22.9 Å². The number of non-ortho nitro benzene ring substituents is 1. The molecule has 6 nitrogen and oxygen atoms in total. The topological polar surface area (TPSA) is 99.1 Å². The van der Waals surface area contributed by atoms with Crippen molar-refractivity contribution in [3.05, 3.63) is 57.1 Å². The summed E-state index contributed by atoms with van der Waals surface area (Å²) in [5.41, 5.74) is 6.85. The molecule has 1 aromatic heterocycles. The molecule has 0 saturated heterocycles. The second-order valence-electron chi connectivity index (χ2n) is 4.88. The minimum Gasteiger partial charge on any atom is -0.369 e. The number of nitro groups is 1. The first-order valence-corrected chi connectivity index (χ1v) is 6.78. The Labute approximate surface area is 129 Å². The lowest BCUT2D eigenvalue weighted by Gasteiger charge is -2.07. The quantitative estimate of drug-likeness (QED) is 0.456. The van der Waals surface area contributed by atoms with Crippen LogP contribution in [0.1, 0.15) is 5.56 Å². The lowest BCUT2D eigenvalue weighted by molar-refractivity contribution is -0.384. The maximum Gasteiger partial charge on any atom is 0.271 e. The first-order valence-electron chi connectivity index (χ1n) is 6.40. The van der Waals surface area contributed by atoms with Crippen LogP contribution < -0.4 is 5.73 Å². The smallest absolute Gasteiger partial charge is 0.271 e. The van der Waals surface area contributed by atoms with Crippen molar-refractivity contribution in [3.63, 3.8) is 0 Å². The summed E-state index contributed by atoms with van der Waals surface area (Å²) in [6.07, 6.45) is 0.0994. The van der Waals surface area contributed by atoms with Gasteiger partial charge >= 0.3 is 0 Å². The molecule has 1 heterocycles. The third-order valence-electron chi connectivity index (χ3n) is 3.35. The molecular formula is C15H10ClN3O3. The van der Waals surface area contributed by atoms with Gasteiger partial charge in [0.1, 0.15) is 0 Å². The van der Waals surface area contributed by atoms with Gasteiger partial charge in [-0.25, -0.2) is 4.98 Å². The number of primary amides is 1. The Bertz CT molecular complexity index is 940. The van der Waals surface area contributed by atoms with Crippen molar-refractivity contribution in [1.82, 2.24) is 4.98 Å². The highest BCUT2D eigenvalue weighted by atomic mass is 35.5. The van der Waals surface area contributed by atoms with Crippen LogP contribution in [0.4, 0.5) is 5.69 Å². The first kappa shape index (κ1) is 14.2. The molecule has 0 bridgehead atoms. The van der Waals surface area contributed by atoms with Crippen LogP contribution in [0, 0.1) is 10.1 Å². The molecule has 0 aliphatic heterocycles. The lowest BCUT2D eigenvalue weighted by atomic mass is 10.1. The molecule has 0 spiro atoms. The Morgan fingerprint density at radius 2 is 1.82 bits per heavy atom. The number of nitro benzene ring substituents is 1. The van der Waals surface area contributed by atoms with Crippen molar-refractivity contribution in [2.24, 2.45) is 5.73 Å². The number of rotatable bonds is 3. The number of nitrogens with two attached hydrogens (primary N) is 1. The fraction of sp³-hybridized carbons (Fsp3) is 0.0667. The van der Waals surface area contributed by atoms with Crippen molar-refractivity contribution >= 4 is 45.0 Å². The van der Waals surface area contributed by atoms with Crippen LogP contribution in [-0.4, -0.2) is 15.8 Å². The number of aromatic nitrogens is 1. The van der Waals surface area contributed by atoms with Gasteiger partial charge in [0.2, 0.25) is 5.91 Å². The van der Waals surface area contributed by atoms with Crippen LogP contribution in [0.3, 0.4) is 0 Å². The number of fused-ring (bicyclic) bond motifs is 2. The molecule has 22 heavy (non-hydrogen) atoms. The van der Waals surface area contributed by atoms with E-state index in [1.54, 1.807) is 24.3 Å². The standard InChI is InChI=1S/C15H10ClN3O3/c16-15-10-3-1-8(6-14(17)20)5-12(10)18-13-7-9(19(21)22)2-4-11(13)15/h1-5,7H,6H2,(H2,17,20). The van der Waals surface area contributed by atoms with Crippen molar-refractivity contribution in [2.75, 3.05) is 0 Å². The van der Waals surface area contributed by atoms with Gasteiger partial charge in [-0.05, 0) is 17.7 Å². The van der Waals surface area contributed by atoms with Crippen LogP contribution in [0.25, 0.3) is 21.8 Å². The Kier molecular flexibility index (Phi) is 3.38. The van der Waals surface area contributed by atoms with Crippen LogP contribution in [-0.2, 0) is 11.2 Å². The largest absolute Gasteiger partial charge is 0.369 e. The zero-order valence-corrected chi connectivity index (χ0v) is 12.0. The zero-order valence-electron chi connectivity index (χ0n) is 11.2. The number of nitrogens with zero attached hydrogens (tertiary/aromatic N) is 2. The average Bonchev–Trinajstić information content (AvgIpc) is 2.46. The van der Waals surface area contributed by atoms with E-state index in [-0.39, 0.29) is 12.1 Å². The van der Waals surface area contributed by atoms with Gasteiger partial charge in [-0.2, -0.15) is 0 Å². The van der Waals surface area contributed by atoms with Gasteiger partial charge in [-0.1, -0.05) is 23.7 Å². The summed E-state index contributed by atoms with van der Waals surface area (Å²) >= 11 is 6.36. The summed E-state index contributed by atoms with van der Waals surface area (Å²) in [5, 5.41) is 12.7. The molecule has 0 radical (unpaired) electrons. The molecule has 2 aromatic carbocycles. The number of hydrogen-bond acceptors (Lipinski definition) is 4. The zero-order chi connectivity index (χ0) is 15.9. The Hall–Kier alpha value is -2.73. The summed E-state index contributed by atoms with van der Waals surface area (Å²) in [5.74, 6) is -0.443. The van der Waals surface area contributed by atoms with E-state index in [2.05, 4.69) is 4.98 Å². The summed E-state index contributed by atoms with van der Waals surface area (Å²) in [6.45, 7) is 0. The highest BCUT2D eigenvalue weighted by Gasteiger charge is 2.12. The first-order chi connectivity index (χ1) is 10.5. The van der Waals surface area contributed by atoms with E-state index in [1.807, 2.05) is 0 Å². The summed E-state index contributed by atoms with van der Waals surface area (Å²) < 4.78 is 0. The number of hydrogen-bond donors (Lipinski definition) is 1. The molecule has 3 aromatic rings. The molecule has 0 unspecified atom stereocenters. The molecule has 2 N–H and O–H groups in total. The van der Waals surface area contributed by atoms with Gasteiger partial charge in [0.05, 0.1) is 27.4 Å². The maximum atomic E-state index is 11.0. The molecule has 0 saturated carbocycles. The highest BCUT2D eigenvalue weighted by Crippen LogP contribution is 2.32. The van der Waals surface area contributed by atoms with Crippen molar-refractivity contribution in [1.29, 1.82) is 0 Å². The third kappa shape index (κ3) is 2.44. The Balaban J connectivity index is 2.27. The lowest BCUT2D eigenvalue weighted by Crippen LogP contribution is -2.13. The van der Waals surface area contributed by atoms with Gasteiger partial charge < -0.3 is 5.73 Å². The van der Waals surface area contributed by atoms with Gasteiger partial charge in [0.25, 0.3) is 5.69 Å². The second-order valence-corrected chi connectivity index (χ2v) is 5.26. The van der Waals surface area contributed by atoms with Crippen LogP contribution in [0.2, 0.25) is 5.02 Å². The summed E-state index contributed by atoms with van der Waals surface area (Å²) in [7, 11) is 0. The van der Waals surface area contributed by atoms with E-state index in [9.17, 15) is 14.9 Å². The minimum absolute atomic E-state index is 0.0521. The van der Waals surface area contributed by atoms with E-state index in [1.165, 1.54) is 12.1 Å². The van der Waals surface area contributed by atoms with E-state index < -0.39 is 10.8 Å². The molecular weight excluding hydrogens is 306 g/mol. The average molecular weight is 316 g/mol. The summed E-state index contributed by atoms with van der Waals surface area (Å²) in [6, 6.07) is 9.59. The molecule has 0 fully saturated rings. The molecule has 110 valence electrons. The number of carbonyl (C=O) groups is 1. The third-order valence-corrected chi connectivity index (χ3v) is 3.75. The summed E-state index contributed by atoms with van der Waals surface area (Å²) in [4.78, 5) is 25.8. The Morgan fingerprint density at radius 3 is 2.45 bits per heavy atom. The molecule has 3 rings (SSSR count). The highest BCUT2D eigenvalue weighted by molar-refractivity contribution is 6.40. The normalized spacial score (nSPS) is 11.0. The number of carbonyl (C=O) groups excluding carboxylic acids is 1. The SMILES string of the molecule is NC(=O)Cc1ccc2c(Cl)c3ccc([N+](=O)[O-])cc3nc2c1. The molecule has 0 aliphatic carbocycles. The number of amides is 1. The van der Waals surface area contributed by atoms with Crippen LogP contribution in [0.5, 0.6) is 0 Å². The second kappa shape index (κ2) is 5.23. The maximum absolute atomic E-state index is 11.0. The van der Waals surface area contributed by atoms with E-state index in [0.29, 0.717) is 27.0 Å².